The molecule has 2 atom stereocenters. The first-order valence-corrected chi connectivity index (χ1v) is 9.60. The number of para-hydroxylation sites is 1. The molecule has 2 unspecified atom stereocenters. The van der Waals surface area contributed by atoms with Crippen LogP contribution in [-0.4, -0.2) is 24.9 Å². The van der Waals surface area contributed by atoms with Crippen molar-refractivity contribution in [3.63, 3.8) is 0 Å². The Kier molecular flexibility index (Phi) is 5.73. The predicted octanol–water partition coefficient (Wildman–Crippen LogP) is 3.98. The van der Waals surface area contributed by atoms with Crippen molar-refractivity contribution in [1.29, 1.82) is 0 Å². The molecule has 0 aromatic heterocycles. The summed E-state index contributed by atoms with van der Waals surface area (Å²) in [5.41, 5.74) is 2.61. The van der Waals surface area contributed by atoms with Gasteiger partial charge in [0.1, 0.15) is 0 Å². The molecular formula is C23H26N2O4. The third-order valence-electron chi connectivity index (χ3n) is 5.07. The fourth-order valence-electron chi connectivity index (χ4n) is 3.17. The Balaban J connectivity index is 1.59. The van der Waals surface area contributed by atoms with Crippen molar-refractivity contribution in [2.24, 2.45) is 11.8 Å². The number of nitrogens with one attached hydrogen (secondary N) is 2. The number of ether oxygens (including phenoxy) is 1. The summed E-state index contributed by atoms with van der Waals surface area (Å²) in [5.74, 6) is -1.75. The second-order valence-electron chi connectivity index (χ2n) is 8.29. The van der Waals surface area contributed by atoms with Crippen molar-refractivity contribution >= 4 is 29.2 Å². The third kappa shape index (κ3) is 4.83. The van der Waals surface area contributed by atoms with E-state index in [1.807, 2.05) is 24.3 Å². The molecule has 6 nitrogen and oxygen atoms in total. The van der Waals surface area contributed by atoms with E-state index in [1.165, 1.54) is 12.7 Å². The van der Waals surface area contributed by atoms with Crippen LogP contribution in [0.4, 0.5) is 11.4 Å². The van der Waals surface area contributed by atoms with Crippen LogP contribution in [0.1, 0.15) is 43.1 Å². The molecule has 2 aromatic carbocycles. The second kappa shape index (κ2) is 8.07. The zero-order valence-electron chi connectivity index (χ0n) is 17.1. The Morgan fingerprint density at radius 1 is 0.897 bits per heavy atom. The van der Waals surface area contributed by atoms with Gasteiger partial charge in [0, 0.05) is 5.69 Å². The van der Waals surface area contributed by atoms with Crippen molar-refractivity contribution < 1.29 is 19.1 Å². The monoisotopic (exact) mass is 394 g/mol. The zero-order chi connectivity index (χ0) is 21.2. The van der Waals surface area contributed by atoms with Gasteiger partial charge in [-0.25, -0.2) is 4.79 Å². The summed E-state index contributed by atoms with van der Waals surface area (Å²) < 4.78 is 4.74. The molecule has 0 saturated heterocycles. The average Bonchev–Trinajstić information content (AvgIpc) is 3.49. The van der Waals surface area contributed by atoms with Crippen LogP contribution in [0.2, 0.25) is 0 Å². The molecule has 0 radical (unpaired) electrons. The quantitative estimate of drug-likeness (QED) is 0.751. The van der Waals surface area contributed by atoms with E-state index >= 15 is 0 Å². The number of anilines is 2. The van der Waals surface area contributed by atoms with E-state index in [9.17, 15) is 14.4 Å². The minimum absolute atomic E-state index is 0.0444. The van der Waals surface area contributed by atoms with Crippen LogP contribution in [0, 0.1) is 11.8 Å². The number of benzene rings is 2. The maximum absolute atomic E-state index is 12.5. The highest BCUT2D eigenvalue weighted by Crippen LogP contribution is 2.40. The molecule has 152 valence electrons. The maximum Gasteiger partial charge on any atom is 0.339 e. The molecule has 1 aliphatic rings. The number of amides is 2. The fraction of sp³-hybridized carbons (Fsp3) is 0.348. The lowest BCUT2D eigenvalue weighted by Gasteiger charge is -2.19. The Hall–Kier alpha value is -3.15. The van der Waals surface area contributed by atoms with Gasteiger partial charge in [0.15, 0.2) is 0 Å². The lowest BCUT2D eigenvalue weighted by Crippen LogP contribution is -2.21. The van der Waals surface area contributed by atoms with Gasteiger partial charge in [0.25, 0.3) is 0 Å². The van der Waals surface area contributed by atoms with Crippen molar-refractivity contribution in [1.82, 2.24) is 0 Å². The molecule has 0 heterocycles. The zero-order valence-corrected chi connectivity index (χ0v) is 17.1. The minimum atomic E-state index is -0.523. The number of methoxy groups -OCH3 is 1. The molecule has 1 aliphatic carbocycles. The van der Waals surface area contributed by atoms with E-state index in [0.717, 1.165) is 0 Å². The van der Waals surface area contributed by atoms with Gasteiger partial charge in [0.05, 0.1) is 30.2 Å². The molecule has 1 saturated carbocycles. The van der Waals surface area contributed by atoms with Crippen LogP contribution in [0.15, 0.2) is 48.5 Å². The molecule has 2 amide bonds. The highest BCUT2D eigenvalue weighted by Gasteiger charge is 2.48. The summed E-state index contributed by atoms with van der Waals surface area (Å²) in [5, 5.41) is 5.62. The van der Waals surface area contributed by atoms with Crippen LogP contribution in [0.5, 0.6) is 0 Å². The van der Waals surface area contributed by atoms with Crippen LogP contribution in [0.25, 0.3) is 0 Å². The van der Waals surface area contributed by atoms with E-state index in [-0.39, 0.29) is 28.7 Å². The fourth-order valence-corrected chi connectivity index (χ4v) is 3.17. The van der Waals surface area contributed by atoms with Crippen LogP contribution in [-0.2, 0) is 19.7 Å². The van der Waals surface area contributed by atoms with Crippen molar-refractivity contribution in [3.05, 3.63) is 59.7 Å². The molecule has 2 N–H and O–H groups in total. The van der Waals surface area contributed by atoms with E-state index in [2.05, 4.69) is 31.4 Å². The molecule has 29 heavy (non-hydrogen) atoms. The van der Waals surface area contributed by atoms with Crippen molar-refractivity contribution in [2.75, 3.05) is 17.7 Å². The summed E-state index contributed by atoms with van der Waals surface area (Å²) in [6.07, 6.45) is 0.484. The third-order valence-corrected chi connectivity index (χ3v) is 5.07. The van der Waals surface area contributed by atoms with Crippen molar-refractivity contribution in [2.45, 2.75) is 32.6 Å². The van der Waals surface area contributed by atoms with Crippen LogP contribution >= 0.6 is 0 Å². The second-order valence-corrected chi connectivity index (χ2v) is 8.29. The number of rotatable bonds is 5. The van der Waals surface area contributed by atoms with Crippen LogP contribution < -0.4 is 10.6 Å². The van der Waals surface area contributed by atoms with Gasteiger partial charge >= 0.3 is 5.97 Å². The van der Waals surface area contributed by atoms with E-state index in [1.54, 1.807) is 24.3 Å². The van der Waals surface area contributed by atoms with Gasteiger partial charge in [-0.15, -0.1) is 0 Å². The normalized spacial score (nSPS) is 17.9. The van der Waals surface area contributed by atoms with Gasteiger partial charge in [-0.3, -0.25) is 9.59 Å². The molecular weight excluding hydrogens is 368 g/mol. The average molecular weight is 394 g/mol. The topological polar surface area (TPSA) is 84.5 Å². The van der Waals surface area contributed by atoms with E-state index < -0.39 is 11.9 Å². The summed E-state index contributed by atoms with van der Waals surface area (Å²) in [4.78, 5) is 36.8. The summed E-state index contributed by atoms with van der Waals surface area (Å²) in [6, 6.07) is 14.4. The molecule has 0 spiro atoms. The first-order chi connectivity index (χ1) is 13.7. The molecule has 0 bridgehead atoms. The summed E-state index contributed by atoms with van der Waals surface area (Å²) in [6.45, 7) is 6.39. The van der Waals surface area contributed by atoms with Crippen LogP contribution in [0.3, 0.4) is 0 Å². The smallest absolute Gasteiger partial charge is 0.339 e. The van der Waals surface area contributed by atoms with Gasteiger partial charge in [0.2, 0.25) is 11.8 Å². The van der Waals surface area contributed by atoms with Crippen molar-refractivity contribution in [3.8, 4) is 0 Å². The number of esters is 1. The van der Waals surface area contributed by atoms with E-state index in [0.29, 0.717) is 17.8 Å². The highest BCUT2D eigenvalue weighted by molar-refractivity contribution is 6.06. The lowest BCUT2D eigenvalue weighted by atomic mass is 9.87. The highest BCUT2D eigenvalue weighted by atomic mass is 16.5. The number of hydrogen-bond acceptors (Lipinski definition) is 4. The number of carbonyl (C=O) groups is 3. The first kappa shape index (κ1) is 20.6. The molecule has 1 fully saturated rings. The maximum atomic E-state index is 12.5. The largest absolute Gasteiger partial charge is 0.465 e. The Morgan fingerprint density at radius 3 is 2.07 bits per heavy atom. The van der Waals surface area contributed by atoms with Gasteiger partial charge < -0.3 is 15.4 Å². The van der Waals surface area contributed by atoms with Gasteiger partial charge in [-0.05, 0) is 41.7 Å². The van der Waals surface area contributed by atoms with Gasteiger partial charge in [-0.2, -0.15) is 0 Å². The molecule has 2 aromatic rings. The summed E-state index contributed by atoms with van der Waals surface area (Å²) >= 11 is 0. The lowest BCUT2D eigenvalue weighted by molar-refractivity contribution is -0.122. The Morgan fingerprint density at radius 2 is 1.48 bits per heavy atom. The Labute approximate surface area is 170 Å². The minimum Gasteiger partial charge on any atom is -0.465 e. The molecule has 6 heteroatoms. The van der Waals surface area contributed by atoms with E-state index in [4.69, 9.17) is 4.74 Å². The SMILES string of the molecule is COC(=O)c1ccccc1NC(=O)C1CC1C(=O)Nc1ccc(C(C)(C)C)cc1. The summed E-state index contributed by atoms with van der Waals surface area (Å²) in [7, 11) is 1.29. The Bertz CT molecular complexity index is 929. The molecule has 3 rings (SSSR count). The first-order valence-electron chi connectivity index (χ1n) is 9.60. The number of carbonyl (C=O) groups excluding carboxylic acids is 3. The molecule has 0 aliphatic heterocycles. The predicted molar refractivity (Wildman–Crippen MR) is 112 cm³/mol. The standard InChI is InChI=1S/C23H26N2O4/c1-23(2,3)14-9-11-15(12-10-14)24-20(26)17-13-18(17)21(27)25-19-8-6-5-7-16(19)22(28)29-4/h5-12,17-18H,13H2,1-4H3,(H,24,26)(H,25,27). The number of hydrogen-bond donors (Lipinski definition) is 2. The van der Waals surface area contributed by atoms with Gasteiger partial charge in [-0.1, -0.05) is 45.0 Å².